The fraction of sp³-hybridized carbons (Fsp3) is 0.727. The van der Waals surface area contributed by atoms with Crippen molar-refractivity contribution in [2.45, 2.75) is 46.0 Å². The summed E-state index contributed by atoms with van der Waals surface area (Å²) in [6.45, 7) is 3.88. The Labute approximate surface area is 91.0 Å². The van der Waals surface area contributed by atoms with Crippen LogP contribution in [0.2, 0.25) is 0 Å². The average molecular weight is 219 g/mol. The number of unbranched alkanes of at least 4 members (excludes halogenated alkanes) is 2. The van der Waals surface area contributed by atoms with Crippen molar-refractivity contribution >= 4 is 17.6 Å². The molecule has 1 unspecified atom stereocenters. The number of rotatable bonds is 7. The topological polar surface area (TPSA) is 37.3 Å². The van der Waals surface area contributed by atoms with Gasteiger partial charge in [-0.25, -0.2) is 0 Å². The number of carboxylic acid groups (broad SMARTS) is 1. The maximum Gasteiger partial charge on any atom is 0.306 e. The lowest BCUT2D eigenvalue weighted by Gasteiger charge is -2.09. The van der Waals surface area contributed by atoms with E-state index in [1.54, 1.807) is 13.0 Å². The van der Waals surface area contributed by atoms with E-state index in [4.69, 9.17) is 16.7 Å². The zero-order valence-electron chi connectivity index (χ0n) is 8.92. The van der Waals surface area contributed by atoms with E-state index < -0.39 is 5.97 Å². The monoisotopic (exact) mass is 218 g/mol. The molecule has 1 atom stereocenters. The van der Waals surface area contributed by atoms with Gasteiger partial charge >= 0.3 is 5.97 Å². The van der Waals surface area contributed by atoms with Crippen LogP contribution in [-0.4, -0.2) is 11.1 Å². The van der Waals surface area contributed by atoms with Crippen molar-refractivity contribution in [2.75, 3.05) is 0 Å². The Morgan fingerprint density at radius 1 is 1.50 bits per heavy atom. The van der Waals surface area contributed by atoms with E-state index in [0.717, 1.165) is 25.7 Å². The summed E-state index contributed by atoms with van der Waals surface area (Å²) < 4.78 is 0. The predicted octanol–water partition coefficient (Wildman–Crippen LogP) is 3.80. The van der Waals surface area contributed by atoms with E-state index in [0.29, 0.717) is 11.5 Å². The average Bonchev–Trinajstić information content (AvgIpc) is 2.10. The number of hydrogen-bond acceptors (Lipinski definition) is 1. The maximum absolute atomic E-state index is 10.8. The van der Waals surface area contributed by atoms with Gasteiger partial charge in [0, 0.05) is 5.03 Å². The van der Waals surface area contributed by atoms with Gasteiger partial charge in [-0.3, -0.25) is 4.79 Å². The minimum absolute atomic E-state index is 0.268. The van der Waals surface area contributed by atoms with Crippen LogP contribution in [0.25, 0.3) is 0 Å². The smallest absolute Gasteiger partial charge is 0.306 e. The first kappa shape index (κ1) is 13.5. The SMILES string of the molecule is CCCCCC(CC=C(C)Cl)C(=O)O. The third-order valence-corrected chi connectivity index (χ3v) is 2.34. The molecule has 0 bridgehead atoms. The highest BCUT2D eigenvalue weighted by Crippen LogP contribution is 2.16. The minimum atomic E-state index is -0.713. The standard InChI is InChI=1S/C11H19ClO2/c1-3-4-5-6-10(11(13)14)8-7-9(2)12/h7,10H,3-6,8H2,1-2H3,(H,13,14). The van der Waals surface area contributed by atoms with Crippen molar-refractivity contribution in [2.24, 2.45) is 5.92 Å². The summed E-state index contributed by atoms with van der Waals surface area (Å²) in [5.41, 5.74) is 0. The third-order valence-electron chi connectivity index (χ3n) is 2.19. The fourth-order valence-electron chi connectivity index (χ4n) is 1.29. The van der Waals surface area contributed by atoms with Crippen LogP contribution < -0.4 is 0 Å². The number of halogens is 1. The van der Waals surface area contributed by atoms with Gasteiger partial charge in [-0.1, -0.05) is 43.9 Å². The molecule has 1 N–H and O–H groups in total. The molecule has 0 saturated carbocycles. The van der Waals surface area contributed by atoms with Gasteiger partial charge in [0.05, 0.1) is 5.92 Å². The van der Waals surface area contributed by atoms with Crippen molar-refractivity contribution in [3.63, 3.8) is 0 Å². The van der Waals surface area contributed by atoms with E-state index >= 15 is 0 Å². The summed E-state index contributed by atoms with van der Waals surface area (Å²) in [6.07, 6.45) is 6.30. The molecule has 0 saturated heterocycles. The Balaban J connectivity index is 3.90. The van der Waals surface area contributed by atoms with Crippen LogP contribution in [0.4, 0.5) is 0 Å². The summed E-state index contributed by atoms with van der Waals surface area (Å²) in [4.78, 5) is 10.8. The molecule has 0 rings (SSSR count). The van der Waals surface area contributed by atoms with Crippen LogP contribution >= 0.6 is 11.6 Å². The summed E-state index contributed by atoms with van der Waals surface area (Å²) in [6, 6.07) is 0. The molecule has 0 amide bonds. The lowest BCUT2D eigenvalue weighted by Crippen LogP contribution is -2.12. The molecule has 3 heteroatoms. The lowest BCUT2D eigenvalue weighted by molar-refractivity contribution is -0.141. The molecule has 0 radical (unpaired) electrons. The molecule has 0 aromatic heterocycles. The summed E-state index contributed by atoms with van der Waals surface area (Å²) >= 11 is 5.66. The van der Waals surface area contributed by atoms with Gasteiger partial charge in [0.25, 0.3) is 0 Å². The molecule has 0 spiro atoms. The van der Waals surface area contributed by atoms with Crippen LogP contribution in [0, 0.1) is 5.92 Å². The van der Waals surface area contributed by atoms with Gasteiger partial charge in [0.1, 0.15) is 0 Å². The van der Waals surface area contributed by atoms with Gasteiger partial charge in [-0.2, -0.15) is 0 Å². The molecule has 82 valence electrons. The Kier molecular flexibility index (Phi) is 7.58. The van der Waals surface area contributed by atoms with Crippen LogP contribution in [0.5, 0.6) is 0 Å². The molecule has 14 heavy (non-hydrogen) atoms. The lowest BCUT2D eigenvalue weighted by atomic mass is 9.98. The van der Waals surface area contributed by atoms with E-state index in [9.17, 15) is 4.79 Å². The molecule has 2 nitrogen and oxygen atoms in total. The van der Waals surface area contributed by atoms with Crippen LogP contribution in [0.3, 0.4) is 0 Å². The second-order valence-electron chi connectivity index (χ2n) is 3.56. The van der Waals surface area contributed by atoms with Crippen molar-refractivity contribution in [1.29, 1.82) is 0 Å². The van der Waals surface area contributed by atoms with Gasteiger partial charge < -0.3 is 5.11 Å². The highest BCUT2D eigenvalue weighted by molar-refractivity contribution is 6.29. The Morgan fingerprint density at radius 2 is 2.14 bits per heavy atom. The number of carboxylic acids is 1. The van der Waals surface area contributed by atoms with E-state index in [1.165, 1.54) is 0 Å². The molecular weight excluding hydrogens is 200 g/mol. The van der Waals surface area contributed by atoms with Gasteiger partial charge in [0.15, 0.2) is 0 Å². The Morgan fingerprint density at radius 3 is 2.57 bits per heavy atom. The highest BCUT2D eigenvalue weighted by atomic mass is 35.5. The molecule has 0 aromatic carbocycles. The summed E-state index contributed by atoms with van der Waals surface area (Å²) in [7, 11) is 0. The molecule has 0 aliphatic heterocycles. The van der Waals surface area contributed by atoms with E-state index in [1.807, 2.05) is 0 Å². The van der Waals surface area contributed by atoms with Gasteiger partial charge in [-0.05, 0) is 19.8 Å². The molecular formula is C11H19ClO2. The molecule has 0 aromatic rings. The van der Waals surface area contributed by atoms with E-state index in [2.05, 4.69) is 6.92 Å². The molecule has 0 aliphatic carbocycles. The summed E-state index contributed by atoms with van der Waals surface area (Å²) in [5, 5.41) is 9.59. The normalized spacial score (nSPS) is 14.1. The Bertz CT molecular complexity index is 195. The molecule has 0 fully saturated rings. The fourth-order valence-corrected chi connectivity index (χ4v) is 1.38. The largest absolute Gasteiger partial charge is 0.481 e. The zero-order valence-corrected chi connectivity index (χ0v) is 9.68. The van der Waals surface area contributed by atoms with Crippen LogP contribution in [-0.2, 0) is 4.79 Å². The summed E-state index contributed by atoms with van der Waals surface area (Å²) in [5.74, 6) is -0.981. The van der Waals surface area contributed by atoms with Crippen molar-refractivity contribution in [3.8, 4) is 0 Å². The van der Waals surface area contributed by atoms with Crippen LogP contribution in [0.1, 0.15) is 46.0 Å². The van der Waals surface area contributed by atoms with Gasteiger partial charge in [0.2, 0.25) is 0 Å². The number of hydrogen-bond donors (Lipinski definition) is 1. The second kappa shape index (κ2) is 7.86. The predicted molar refractivity (Wildman–Crippen MR) is 59.5 cm³/mol. The third kappa shape index (κ3) is 6.96. The minimum Gasteiger partial charge on any atom is -0.481 e. The Hall–Kier alpha value is -0.500. The number of aliphatic carboxylic acids is 1. The second-order valence-corrected chi connectivity index (χ2v) is 4.15. The zero-order chi connectivity index (χ0) is 11.0. The van der Waals surface area contributed by atoms with E-state index in [-0.39, 0.29) is 5.92 Å². The van der Waals surface area contributed by atoms with Crippen molar-refractivity contribution < 1.29 is 9.90 Å². The highest BCUT2D eigenvalue weighted by Gasteiger charge is 2.14. The van der Waals surface area contributed by atoms with Crippen LogP contribution in [0.15, 0.2) is 11.1 Å². The number of allylic oxidation sites excluding steroid dienone is 2. The first-order valence-corrected chi connectivity index (χ1v) is 5.50. The number of carbonyl (C=O) groups is 1. The first-order valence-electron chi connectivity index (χ1n) is 5.13. The van der Waals surface area contributed by atoms with Crippen molar-refractivity contribution in [1.82, 2.24) is 0 Å². The first-order chi connectivity index (χ1) is 6.57. The van der Waals surface area contributed by atoms with Crippen molar-refractivity contribution in [3.05, 3.63) is 11.1 Å². The quantitative estimate of drug-likeness (QED) is 0.660. The molecule has 0 aliphatic rings. The van der Waals surface area contributed by atoms with Gasteiger partial charge in [-0.15, -0.1) is 0 Å². The molecule has 0 heterocycles. The maximum atomic E-state index is 10.8.